The van der Waals surface area contributed by atoms with Crippen LogP contribution in [0, 0.1) is 11.3 Å². The van der Waals surface area contributed by atoms with Crippen molar-refractivity contribution >= 4 is 29.2 Å². The van der Waals surface area contributed by atoms with E-state index in [0.29, 0.717) is 22.0 Å². The van der Waals surface area contributed by atoms with Crippen LogP contribution in [0.1, 0.15) is 26.3 Å². The molecule has 1 aromatic rings. The van der Waals surface area contributed by atoms with E-state index < -0.39 is 11.4 Å². The fourth-order valence-electron chi connectivity index (χ4n) is 1.60. The van der Waals surface area contributed by atoms with Crippen molar-refractivity contribution in [3.63, 3.8) is 0 Å². The minimum absolute atomic E-state index is 0.00709. The van der Waals surface area contributed by atoms with Crippen LogP contribution >= 0.6 is 23.2 Å². The van der Waals surface area contributed by atoms with E-state index in [1.807, 2.05) is 13.8 Å². The normalized spacial score (nSPS) is 14.7. The molecule has 0 spiro atoms. The molecule has 0 aliphatic rings. The topological polar surface area (TPSA) is 37.3 Å². The molecule has 1 rings (SSSR count). The third-order valence-electron chi connectivity index (χ3n) is 3.37. The number of hydrogen-bond donors (Lipinski definition) is 1. The second-order valence-corrected chi connectivity index (χ2v) is 5.57. The molecule has 2 nitrogen and oxygen atoms in total. The van der Waals surface area contributed by atoms with Crippen molar-refractivity contribution < 1.29 is 9.90 Å². The molecule has 0 radical (unpaired) electrons. The lowest BCUT2D eigenvalue weighted by molar-refractivity contribution is -0.150. The summed E-state index contributed by atoms with van der Waals surface area (Å²) >= 11 is 12.1. The minimum atomic E-state index is -0.866. The van der Waals surface area contributed by atoms with Gasteiger partial charge in [-0.15, -0.1) is 0 Å². The Morgan fingerprint density at radius 1 is 1.35 bits per heavy atom. The summed E-state index contributed by atoms with van der Waals surface area (Å²) < 4.78 is 0. The molecule has 0 aliphatic carbocycles. The lowest BCUT2D eigenvalue weighted by atomic mass is 9.74. The lowest BCUT2D eigenvalue weighted by Gasteiger charge is -2.29. The third kappa shape index (κ3) is 2.93. The number of aliphatic carboxylic acids is 1. The van der Waals surface area contributed by atoms with Gasteiger partial charge in [-0.05, 0) is 37.0 Å². The summed E-state index contributed by atoms with van der Waals surface area (Å²) in [5.41, 5.74) is -0.163. The number of halogens is 2. The summed E-state index contributed by atoms with van der Waals surface area (Å²) in [6, 6.07) is 5.21. The van der Waals surface area contributed by atoms with Gasteiger partial charge in [0.25, 0.3) is 0 Å². The van der Waals surface area contributed by atoms with Gasteiger partial charge in [0, 0.05) is 10.0 Å². The molecule has 4 heteroatoms. The van der Waals surface area contributed by atoms with Gasteiger partial charge in [-0.3, -0.25) is 4.79 Å². The summed E-state index contributed by atoms with van der Waals surface area (Å²) in [7, 11) is 0. The van der Waals surface area contributed by atoms with E-state index in [4.69, 9.17) is 23.2 Å². The molecular formula is C13H16Cl2O2. The van der Waals surface area contributed by atoms with Gasteiger partial charge in [-0.25, -0.2) is 0 Å². The Balaban J connectivity index is 3.15. The molecule has 0 aromatic heterocycles. The van der Waals surface area contributed by atoms with Crippen LogP contribution in [0.25, 0.3) is 0 Å². The van der Waals surface area contributed by atoms with Gasteiger partial charge in [0.1, 0.15) is 0 Å². The summed E-state index contributed by atoms with van der Waals surface area (Å²) in [6.45, 7) is 5.50. The van der Waals surface area contributed by atoms with Crippen molar-refractivity contribution in [3.05, 3.63) is 33.8 Å². The molecule has 0 amide bonds. The fourth-order valence-corrected chi connectivity index (χ4v) is 2.13. The van der Waals surface area contributed by atoms with E-state index in [1.54, 1.807) is 25.1 Å². The maximum Gasteiger partial charge on any atom is 0.309 e. The lowest BCUT2D eigenvalue weighted by Crippen LogP contribution is -2.35. The predicted molar refractivity (Wildman–Crippen MR) is 70.7 cm³/mol. The molecule has 0 saturated carbocycles. The molecule has 1 atom stereocenters. The van der Waals surface area contributed by atoms with Crippen molar-refractivity contribution in [2.75, 3.05) is 0 Å². The van der Waals surface area contributed by atoms with Crippen molar-refractivity contribution in [3.8, 4) is 0 Å². The zero-order chi connectivity index (χ0) is 13.2. The Labute approximate surface area is 112 Å². The van der Waals surface area contributed by atoms with Crippen LogP contribution in [-0.4, -0.2) is 11.1 Å². The van der Waals surface area contributed by atoms with E-state index >= 15 is 0 Å². The first-order valence-corrected chi connectivity index (χ1v) is 6.21. The first kappa shape index (κ1) is 14.3. The van der Waals surface area contributed by atoms with Crippen molar-refractivity contribution in [2.45, 2.75) is 27.2 Å². The van der Waals surface area contributed by atoms with Gasteiger partial charge in [0.15, 0.2) is 0 Å². The molecule has 1 unspecified atom stereocenters. The second kappa shape index (κ2) is 5.28. The Hall–Kier alpha value is -0.730. The van der Waals surface area contributed by atoms with E-state index in [9.17, 15) is 9.90 Å². The first-order chi connectivity index (χ1) is 7.79. The Bertz CT molecular complexity index is 409. The number of carbonyl (C=O) groups is 1. The Morgan fingerprint density at radius 3 is 2.18 bits per heavy atom. The standard InChI is InChI=1S/C13H16Cl2O2/c1-8(2)13(3,12(16)17)7-9-10(14)5-4-6-11(9)15/h4-6,8H,7H2,1-3H3,(H,16,17). The van der Waals surface area contributed by atoms with Crippen LogP contribution < -0.4 is 0 Å². The molecule has 0 heterocycles. The monoisotopic (exact) mass is 274 g/mol. The number of carboxylic acid groups (broad SMARTS) is 1. The summed E-state index contributed by atoms with van der Waals surface area (Å²) in [4.78, 5) is 11.4. The molecule has 1 aromatic carbocycles. The maximum absolute atomic E-state index is 11.4. The molecule has 17 heavy (non-hydrogen) atoms. The molecule has 0 bridgehead atoms. The van der Waals surface area contributed by atoms with Crippen molar-refractivity contribution in [1.82, 2.24) is 0 Å². The molecule has 0 fully saturated rings. The highest BCUT2D eigenvalue weighted by Crippen LogP contribution is 2.36. The SMILES string of the molecule is CC(C)C(C)(Cc1c(Cl)cccc1Cl)C(=O)O. The average molecular weight is 275 g/mol. The van der Waals surface area contributed by atoms with Crippen LogP contribution in [-0.2, 0) is 11.2 Å². The van der Waals surface area contributed by atoms with E-state index in [0.717, 1.165) is 0 Å². The highest BCUT2D eigenvalue weighted by Gasteiger charge is 2.37. The summed E-state index contributed by atoms with van der Waals surface area (Å²) in [6.07, 6.45) is 0.332. The van der Waals surface area contributed by atoms with Crippen LogP contribution in [0.2, 0.25) is 10.0 Å². The van der Waals surface area contributed by atoms with Gasteiger partial charge in [0.05, 0.1) is 5.41 Å². The van der Waals surface area contributed by atoms with Crippen molar-refractivity contribution in [1.29, 1.82) is 0 Å². The molecule has 0 aliphatic heterocycles. The number of rotatable bonds is 4. The molecule has 0 saturated heterocycles. The van der Waals surface area contributed by atoms with Crippen LogP contribution in [0.3, 0.4) is 0 Å². The highest BCUT2D eigenvalue weighted by molar-refractivity contribution is 6.36. The van der Waals surface area contributed by atoms with Crippen LogP contribution in [0.4, 0.5) is 0 Å². The number of benzene rings is 1. The second-order valence-electron chi connectivity index (χ2n) is 4.75. The molecule has 94 valence electrons. The Morgan fingerprint density at radius 2 is 1.82 bits per heavy atom. The van der Waals surface area contributed by atoms with Crippen LogP contribution in [0.5, 0.6) is 0 Å². The predicted octanol–water partition coefficient (Wildman–Crippen LogP) is 4.28. The average Bonchev–Trinajstić information content (AvgIpc) is 2.22. The largest absolute Gasteiger partial charge is 0.481 e. The zero-order valence-corrected chi connectivity index (χ0v) is 11.6. The maximum atomic E-state index is 11.4. The van der Waals surface area contributed by atoms with E-state index in [1.165, 1.54) is 0 Å². The third-order valence-corrected chi connectivity index (χ3v) is 4.08. The fraction of sp³-hybridized carbons (Fsp3) is 0.462. The van der Waals surface area contributed by atoms with Gasteiger partial charge >= 0.3 is 5.97 Å². The zero-order valence-electron chi connectivity index (χ0n) is 10.1. The van der Waals surface area contributed by atoms with Gasteiger partial charge in [-0.1, -0.05) is 43.1 Å². The van der Waals surface area contributed by atoms with Crippen molar-refractivity contribution in [2.24, 2.45) is 11.3 Å². The van der Waals surface area contributed by atoms with Gasteiger partial charge in [0.2, 0.25) is 0 Å². The quantitative estimate of drug-likeness (QED) is 0.890. The smallest absolute Gasteiger partial charge is 0.309 e. The molecular weight excluding hydrogens is 259 g/mol. The van der Waals surface area contributed by atoms with Gasteiger partial charge in [-0.2, -0.15) is 0 Å². The number of carboxylic acids is 1. The summed E-state index contributed by atoms with van der Waals surface area (Å²) in [5.74, 6) is -0.837. The summed E-state index contributed by atoms with van der Waals surface area (Å²) in [5, 5.41) is 10.4. The van der Waals surface area contributed by atoms with E-state index in [2.05, 4.69) is 0 Å². The minimum Gasteiger partial charge on any atom is -0.481 e. The van der Waals surface area contributed by atoms with Crippen LogP contribution in [0.15, 0.2) is 18.2 Å². The molecule has 1 N–H and O–H groups in total. The first-order valence-electron chi connectivity index (χ1n) is 5.45. The van der Waals surface area contributed by atoms with E-state index in [-0.39, 0.29) is 5.92 Å². The Kier molecular flexibility index (Phi) is 4.45. The number of hydrogen-bond acceptors (Lipinski definition) is 1. The highest BCUT2D eigenvalue weighted by atomic mass is 35.5. The van der Waals surface area contributed by atoms with Gasteiger partial charge < -0.3 is 5.11 Å².